The molecule has 0 aliphatic carbocycles. The molecular weight excluding hydrogens is 242 g/mol. The highest BCUT2D eigenvalue weighted by molar-refractivity contribution is 5.79. The van der Waals surface area contributed by atoms with Crippen LogP contribution >= 0.6 is 0 Å². The molecule has 2 heterocycles. The first-order valence-electron chi connectivity index (χ1n) is 6.81. The number of aliphatic imine (C=N–C) groups is 1. The van der Waals surface area contributed by atoms with E-state index in [2.05, 4.69) is 33.7 Å². The number of aryl methyl sites for hydroxylation is 1. The summed E-state index contributed by atoms with van der Waals surface area (Å²) in [5, 5.41) is 10.7. The highest BCUT2D eigenvalue weighted by Gasteiger charge is 2.31. The summed E-state index contributed by atoms with van der Waals surface area (Å²) in [4.78, 5) is 4.13. The molecule has 1 aliphatic rings. The first kappa shape index (κ1) is 13.9. The van der Waals surface area contributed by atoms with Gasteiger partial charge in [-0.05, 0) is 19.4 Å². The van der Waals surface area contributed by atoms with Gasteiger partial charge in [-0.2, -0.15) is 5.10 Å². The van der Waals surface area contributed by atoms with Crippen molar-refractivity contribution >= 4 is 5.96 Å². The SMILES string of the molecule is CCn1nccc1[C@@H]1OCC[C@H]1CNC(=NC)NC. The van der Waals surface area contributed by atoms with E-state index < -0.39 is 0 Å². The van der Waals surface area contributed by atoms with E-state index in [4.69, 9.17) is 4.74 Å². The predicted octanol–water partition coefficient (Wildman–Crippen LogP) is 0.775. The second-order valence-electron chi connectivity index (χ2n) is 4.62. The van der Waals surface area contributed by atoms with Crippen molar-refractivity contribution in [1.82, 2.24) is 20.4 Å². The molecule has 0 amide bonds. The third-order valence-corrected chi connectivity index (χ3v) is 3.55. The molecule has 2 N–H and O–H groups in total. The summed E-state index contributed by atoms with van der Waals surface area (Å²) >= 11 is 0. The molecule has 6 nitrogen and oxygen atoms in total. The van der Waals surface area contributed by atoms with Crippen LogP contribution in [0.5, 0.6) is 0 Å². The lowest BCUT2D eigenvalue weighted by molar-refractivity contribution is 0.0840. The van der Waals surface area contributed by atoms with Gasteiger partial charge in [0.05, 0.1) is 5.69 Å². The number of ether oxygens (including phenoxy) is 1. The zero-order valence-electron chi connectivity index (χ0n) is 11.9. The van der Waals surface area contributed by atoms with Crippen molar-refractivity contribution in [3.8, 4) is 0 Å². The first-order valence-corrected chi connectivity index (χ1v) is 6.81. The van der Waals surface area contributed by atoms with Gasteiger partial charge in [-0.1, -0.05) is 0 Å². The van der Waals surface area contributed by atoms with Crippen LogP contribution in [0.2, 0.25) is 0 Å². The Morgan fingerprint density at radius 1 is 1.63 bits per heavy atom. The molecule has 1 aliphatic heterocycles. The second-order valence-corrected chi connectivity index (χ2v) is 4.62. The van der Waals surface area contributed by atoms with Crippen LogP contribution in [0, 0.1) is 5.92 Å². The molecule has 1 aromatic rings. The zero-order valence-corrected chi connectivity index (χ0v) is 11.9. The molecule has 0 radical (unpaired) electrons. The van der Waals surface area contributed by atoms with Gasteiger partial charge in [0.25, 0.3) is 0 Å². The van der Waals surface area contributed by atoms with Gasteiger partial charge < -0.3 is 15.4 Å². The van der Waals surface area contributed by atoms with Crippen molar-refractivity contribution < 1.29 is 4.74 Å². The number of hydrogen-bond donors (Lipinski definition) is 2. The summed E-state index contributed by atoms with van der Waals surface area (Å²) in [5.74, 6) is 1.27. The highest BCUT2D eigenvalue weighted by atomic mass is 16.5. The van der Waals surface area contributed by atoms with Crippen molar-refractivity contribution in [2.45, 2.75) is 26.0 Å². The summed E-state index contributed by atoms with van der Waals surface area (Å²) < 4.78 is 7.90. The molecule has 106 valence electrons. The van der Waals surface area contributed by atoms with Crippen molar-refractivity contribution in [3.63, 3.8) is 0 Å². The quantitative estimate of drug-likeness (QED) is 0.623. The third kappa shape index (κ3) is 3.07. The molecule has 0 spiro atoms. The van der Waals surface area contributed by atoms with Crippen molar-refractivity contribution in [2.24, 2.45) is 10.9 Å². The Balaban J connectivity index is 2.01. The average Bonchev–Trinajstić information content (AvgIpc) is 3.07. The molecule has 1 aromatic heterocycles. The Morgan fingerprint density at radius 3 is 3.16 bits per heavy atom. The molecule has 2 rings (SSSR count). The molecule has 0 unspecified atom stereocenters. The van der Waals surface area contributed by atoms with Gasteiger partial charge in [0.1, 0.15) is 6.10 Å². The monoisotopic (exact) mass is 265 g/mol. The number of guanidine groups is 1. The lowest BCUT2D eigenvalue weighted by Gasteiger charge is -2.20. The van der Waals surface area contributed by atoms with E-state index >= 15 is 0 Å². The zero-order chi connectivity index (χ0) is 13.7. The van der Waals surface area contributed by atoms with Gasteiger partial charge in [-0.15, -0.1) is 0 Å². The van der Waals surface area contributed by atoms with E-state index in [1.165, 1.54) is 5.69 Å². The lowest BCUT2D eigenvalue weighted by Crippen LogP contribution is -2.38. The maximum absolute atomic E-state index is 5.89. The van der Waals surface area contributed by atoms with Gasteiger partial charge in [-0.3, -0.25) is 9.67 Å². The Kier molecular flexibility index (Phi) is 4.79. The van der Waals surface area contributed by atoms with E-state index in [1.807, 2.05) is 17.9 Å². The maximum atomic E-state index is 5.89. The van der Waals surface area contributed by atoms with Gasteiger partial charge in [-0.25, -0.2) is 0 Å². The Labute approximate surface area is 114 Å². The Hall–Kier alpha value is -1.56. The van der Waals surface area contributed by atoms with Crippen molar-refractivity contribution in [2.75, 3.05) is 27.2 Å². The highest BCUT2D eigenvalue weighted by Crippen LogP contribution is 2.33. The van der Waals surface area contributed by atoms with Crippen molar-refractivity contribution in [3.05, 3.63) is 18.0 Å². The minimum absolute atomic E-state index is 0.130. The Morgan fingerprint density at radius 2 is 2.47 bits per heavy atom. The van der Waals surface area contributed by atoms with E-state index in [9.17, 15) is 0 Å². The van der Waals surface area contributed by atoms with Crippen LogP contribution in [0.15, 0.2) is 17.3 Å². The summed E-state index contributed by atoms with van der Waals surface area (Å²) in [6.45, 7) is 4.64. The first-order chi connectivity index (χ1) is 9.30. The molecule has 1 saturated heterocycles. The van der Waals surface area contributed by atoms with Gasteiger partial charge >= 0.3 is 0 Å². The number of nitrogens with zero attached hydrogens (tertiary/aromatic N) is 3. The van der Waals surface area contributed by atoms with Crippen LogP contribution in [-0.4, -0.2) is 43.0 Å². The van der Waals surface area contributed by atoms with Crippen LogP contribution in [-0.2, 0) is 11.3 Å². The van der Waals surface area contributed by atoms with E-state index in [1.54, 1.807) is 7.05 Å². The second kappa shape index (κ2) is 6.56. The number of hydrogen-bond acceptors (Lipinski definition) is 3. The summed E-state index contributed by atoms with van der Waals surface area (Å²) in [6, 6.07) is 2.05. The van der Waals surface area contributed by atoms with E-state index in [-0.39, 0.29) is 6.10 Å². The number of aromatic nitrogens is 2. The average molecular weight is 265 g/mol. The standard InChI is InChI=1S/C13H23N5O/c1-4-18-11(5-7-17-18)12-10(6-8-19-12)9-16-13(14-2)15-3/h5,7,10,12H,4,6,8-9H2,1-3H3,(H2,14,15,16)/t10-,12+/m0/s1. The smallest absolute Gasteiger partial charge is 0.190 e. The summed E-state index contributed by atoms with van der Waals surface area (Å²) in [7, 11) is 3.64. The molecule has 0 aromatic carbocycles. The Bertz CT molecular complexity index is 428. The molecular formula is C13H23N5O. The fourth-order valence-corrected chi connectivity index (χ4v) is 2.53. The van der Waals surface area contributed by atoms with Crippen LogP contribution in [0.3, 0.4) is 0 Å². The molecule has 19 heavy (non-hydrogen) atoms. The van der Waals surface area contributed by atoms with Crippen LogP contribution in [0.4, 0.5) is 0 Å². The van der Waals surface area contributed by atoms with Gasteiger partial charge in [0.2, 0.25) is 0 Å². The van der Waals surface area contributed by atoms with Crippen molar-refractivity contribution in [1.29, 1.82) is 0 Å². The fraction of sp³-hybridized carbons (Fsp3) is 0.692. The molecule has 6 heteroatoms. The molecule has 1 fully saturated rings. The minimum atomic E-state index is 0.130. The lowest BCUT2D eigenvalue weighted by atomic mass is 9.99. The largest absolute Gasteiger partial charge is 0.372 e. The van der Waals surface area contributed by atoms with E-state index in [0.717, 1.165) is 32.1 Å². The van der Waals surface area contributed by atoms with E-state index in [0.29, 0.717) is 5.92 Å². The topological polar surface area (TPSA) is 63.5 Å². The summed E-state index contributed by atoms with van der Waals surface area (Å²) in [5.41, 5.74) is 1.17. The fourth-order valence-electron chi connectivity index (χ4n) is 2.53. The summed E-state index contributed by atoms with van der Waals surface area (Å²) in [6.07, 6.45) is 3.04. The molecule has 0 saturated carbocycles. The number of nitrogens with one attached hydrogen (secondary N) is 2. The predicted molar refractivity (Wildman–Crippen MR) is 75.1 cm³/mol. The molecule has 2 atom stereocenters. The maximum Gasteiger partial charge on any atom is 0.190 e. The normalized spacial score (nSPS) is 23.6. The van der Waals surface area contributed by atoms with Crippen LogP contribution in [0.25, 0.3) is 0 Å². The third-order valence-electron chi connectivity index (χ3n) is 3.55. The van der Waals surface area contributed by atoms with Crippen LogP contribution < -0.4 is 10.6 Å². The van der Waals surface area contributed by atoms with Crippen LogP contribution in [0.1, 0.15) is 25.1 Å². The van der Waals surface area contributed by atoms with Gasteiger partial charge in [0, 0.05) is 45.9 Å². The number of rotatable bonds is 4. The minimum Gasteiger partial charge on any atom is -0.372 e. The molecule has 0 bridgehead atoms. The van der Waals surface area contributed by atoms with Gasteiger partial charge in [0.15, 0.2) is 5.96 Å².